The predicted octanol–water partition coefficient (Wildman–Crippen LogP) is 2.75. The first-order valence-corrected chi connectivity index (χ1v) is 10.5. The molecule has 1 saturated carbocycles. The topological polar surface area (TPSA) is 111 Å². The number of hydrogen-bond acceptors (Lipinski definition) is 6. The summed E-state index contributed by atoms with van der Waals surface area (Å²) >= 11 is 1.27. The number of nitrogens with zero attached hydrogens (tertiary/aromatic N) is 2. The van der Waals surface area contributed by atoms with Gasteiger partial charge in [-0.25, -0.2) is 4.98 Å². The Morgan fingerprint density at radius 1 is 1.28 bits per heavy atom. The fourth-order valence-electron chi connectivity index (χ4n) is 3.21. The summed E-state index contributed by atoms with van der Waals surface area (Å²) in [5, 5.41) is 3.61. The number of carbonyl (C=O) groups is 2. The van der Waals surface area contributed by atoms with Crippen LogP contribution in [-0.4, -0.2) is 33.1 Å². The summed E-state index contributed by atoms with van der Waals surface area (Å²) in [6.45, 7) is 3.72. The van der Waals surface area contributed by atoms with Gasteiger partial charge in [-0.05, 0) is 32.8 Å². The highest BCUT2D eigenvalue weighted by atomic mass is 32.2. The summed E-state index contributed by atoms with van der Waals surface area (Å²) in [6, 6.07) is 1.61. The molecule has 1 aliphatic carbocycles. The second-order valence-electron chi connectivity index (χ2n) is 7.18. The molecule has 7 nitrogen and oxygen atoms in total. The number of hydrogen-bond donors (Lipinski definition) is 2. The van der Waals surface area contributed by atoms with Crippen LogP contribution >= 0.6 is 11.8 Å². The number of carbonyl (C=O) groups excluding carboxylic acids is 2. The number of oxazole rings is 1. The van der Waals surface area contributed by atoms with Gasteiger partial charge in [-0.3, -0.25) is 14.6 Å². The molecule has 0 radical (unpaired) electrons. The molecule has 3 N–H and O–H groups in total. The Hall–Kier alpha value is -2.79. The molecule has 0 atom stereocenters. The smallest absolute Gasteiger partial charge is 0.256 e. The molecule has 0 aromatic carbocycles. The molecule has 0 bridgehead atoms. The van der Waals surface area contributed by atoms with Crippen molar-refractivity contribution in [3.05, 3.63) is 41.0 Å². The molecule has 2 amide bonds. The number of primary amides is 1. The second-order valence-corrected chi connectivity index (χ2v) is 8.10. The molecule has 3 rings (SSSR count). The van der Waals surface area contributed by atoms with Crippen LogP contribution in [0.15, 0.2) is 28.1 Å². The highest BCUT2D eigenvalue weighted by Crippen LogP contribution is 2.28. The van der Waals surface area contributed by atoms with E-state index in [1.165, 1.54) is 18.0 Å². The van der Waals surface area contributed by atoms with Gasteiger partial charge >= 0.3 is 0 Å². The Morgan fingerprint density at radius 2 is 2.03 bits per heavy atom. The lowest BCUT2D eigenvalue weighted by atomic mass is 9.82. The first-order valence-electron chi connectivity index (χ1n) is 9.53. The van der Waals surface area contributed by atoms with Crippen molar-refractivity contribution in [1.82, 2.24) is 15.3 Å². The fourth-order valence-corrected chi connectivity index (χ4v) is 3.92. The van der Waals surface area contributed by atoms with E-state index < -0.39 is 11.4 Å². The van der Waals surface area contributed by atoms with Gasteiger partial charge in [0.2, 0.25) is 11.8 Å². The van der Waals surface area contributed by atoms with Gasteiger partial charge in [-0.2, -0.15) is 0 Å². The van der Waals surface area contributed by atoms with E-state index >= 15 is 0 Å². The van der Waals surface area contributed by atoms with Crippen molar-refractivity contribution in [2.45, 2.75) is 56.7 Å². The van der Waals surface area contributed by atoms with Crippen molar-refractivity contribution in [1.29, 1.82) is 0 Å². The van der Waals surface area contributed by atoms with Gasteiger partial charge in [0.05, 0.1) is 17.0 Å². The third kappa shape index (κ3) is 5.61. The van der Waals surface area contributed by atoms with Crippen LogP contribution in [0.5, 0.6) is 0 Å². The van der Waals surface area contributed by atoms with Crippen molar-refractivity contribution in [3.63, 3.8) is 0 Å². The predicted molar refractivity (Wildman–Crippen MR) is 110 cm³/mol. The first kappa shape index (κ1) is 20.9. The van der Waals surface area contributed by atoms with Crippen LogP contribution in [0.2, 0.25) is 0 Å². The zero-order valence-corrected chi connectivity index (χ0v) is 17.4. The molecule has 2 heterocycles. The van der Waals surface area contributed by atoms with E-state index in [0.717, 1.165) is 43.6 Å². The zero-order valence-electron chi connectivity index (χ0n) is 16.6. The van der Waals surface area contributed by atoms with Crippen LogP contribution in [0, 0.1) is 25.7 Å². The summed E-state index contributed by atoms with van der Waals surface area (Å²) < 4.78 is 5.51. The average molecular weight is 413 g/mol. The number of rotatable bonds is 5. The quantitative estimate of drug-likeness (QED) is 0.577. The van der Waals surface area contributed by atoms with Gasteiger partial charge in [0, 0.05) is 18.0 Å². The van der Waals surface area contributed by atoms with Gasteiger partial charge in [0.15, 0.2) is 0 Å². The summed E-state index contributed by atoms with van der Waals surface area (Å²) in [4.78, 5) is 32.2. The second kappa shape index (κ2) is 9.14. The number of nitrogens with two attached hydrogens (primary N) is 1. The minimum absolute atomic E-state index is 0.108. The first-order chi connectivity index (χ1) is 13.9. The fraction of sp³-hybridized carbons (Fsp3) is 0.429. The Morgan fingerprint density at radius 3 is 2.69 bits per heavy atom. The van der Waals surface area contributed by atoms with Crippen LogP contribution in [-0.2, 0) is 4.79 Å². The van der Waals surface area contributed by atoms with Crippen LogP contribution in [0.4, 0.5) is 0 Å². The van der Waals surface area contributed by atoms with Gasteiger partial charge in [0.1, 0.15) is 11.3 Å². The lowest BCUT2D eigenvalue weighted by molar-refractivity contribution is -0.120. The molecule has 1 aliphatic rings. The van der Waals surface area contributed by atoms with Crippen molar-refractivity contribution < 1.29 is 14.0 Å². The average Bonchev–Trinajstić information content (AvgIpc) is 3.03. The van der Waals surface area contributed by atoms with E-state index in [4.69, 9.17) is 10.2 Å². The summed E-state index contributed by atoms with van der Waals surface area (Å²) in [5.41, 5.74) is 6.46. The number of amides is 2. The Balaban J connectivity index is 1.71. The Labute approximate surface area is 174 Å². The summed E-state index contributed by atoms with van der Waals surface area (Å²) in [5.74, 6) is 6.62. The highest BCUT2D eigenvalue weighted by Gasteiger charge is 2.31. The van der Waals surface area contributed by atoms with E-state index in [1.54, 1.807) is 12.3 Å². The number of pyridine rings is 1. The van der Waals surface area contributed by atoms with E-state index in [1.807, 2.05) is 13.8 Å². The SMILES string of the molecule is Cc1nc(SCC(=O)NC2(C#Cc3cncc(C(N)=O)c3)CCCCC2)oc1C. The third-order valence-electron chi connectivity index (χ3n) is 4.89. The molecule has 2 aromatic rings. The van der Waals surface area contributed by atoms with E-state index in [2.05, 4.69) is 27.1 Å². The molecule has 0 spiro atoms. The maximum absolute atomic E-state index is 12.6. The normalized spacial score (nSPS) is 15.2. The van der Waals surface area contributed by atoms with Crippen LogP contribution in [0.25, 0.3) is 0 Å². The molecule has 8 heteroatoms. The van der Waals surface area contributed by atoms with Gasteiger partial charge in [0.25, 0.3) is 5.22 Å². The number of aromatic nitrogens is 2. The van der Waals surface area contributed by atoms with Crippen molar-refractivity contribution >= 4 is 23.6 Å². The lowest BCUT2D eigenvalue weighted by Gasteiger charge is -2.33. The van der Waals surface area contributed by atoms with Gasteiger partial charge in [-0.15, -0.1) is 0 Å². The molecule has 0 unspecified atom stereocenters. The van der Waals surface area contributed by atoms with E-state index in [0.29, 0.717) is 16.3 Å². The maximum Gasteiger partial charge on any atom is 0.256 e. The van der Waals surface area contributed by atoms with E-state index in [-0.39, 0.29) is 11.7 Å². The molecule has 0 saturated heterocycles. The third-order valence-corrected chi connectivity index (χ3v) is 5.72. The van der Waals surface area contributed by atoms with Crippen molar-refractivity contribution in [3.8, 4) is 11.8 Å². The number of thioether (sulfide) groups is 1. The minimum atomic E-state index is -0.582. The van der Waals surface area contributed by atoms with Crippen LogP contribution in [0.3, 0.4) is 0 Å². The van der Waals surface area contributed by atoms with E-state index in [9.17, 15) is 9.59 Å². The van der Waals surface area contributed by atoms with Crippen molar-refractivity contribution in [2.75, 3.05) is 5.75 Å². The Bertz CT molecular complexity index is 948. The summed E-state index contributed by atoms with van der Waals surface area (Å²) in [6.07, 6.45) is 7.70. The maximum atomic E-state index is 12.6. The minimum Gasteiger partial charge on any atom is -0.437 e. The molecular weight excluding hydrogens is 388 g/mol. The molecule has 152 valence electrons. The highest BCUT2D eigenvalue weighted by molar-refractivity contribution is 7.99. The monoisotopic (exact) mass is 412 g/mol. The zero-order chi connectivity index (χ0) is 20.9. The molecule has 29 heavy (non-hydrogen) atoms. The Kier molecular flexibility index (Phi) is 6.60. The molecule has 2 aromatic heterocycles. The number of aryl methyl sites for hydroxylation is 2. The largest absolute Gasteiger partial charge is 0.437 e. The van der Waals surface area contributed by atoms with Crippen LogP contribution in [0.1, 0.15) is 59.5 Å². The lowest BCUT2D eigenvalue weighted by Crippen LogP contribution is -2.49. The molecule has 0 aliphatic heterocycles. The number of nitrogens with one attached hydrogen (secondary N) is 1. The standard InChI is InChI=1S/C21H24N4O3S/c1-14-15(2)28-20(24-14)29-13-18(26)25-21(7-4-3-5-8-21)9-6-16-10-17(19(22)27)12-23-11-16/h10-12H,3-5,7-8,13H2,1-2H3,(H2,22,27)(H,25,26). The summed E-state index contributed by atoms with van der Waals surface area (Å²) in [7, 11) is 0. The van der Waals surface area contributed by atoms with Gasteiger partial charge < -0.3 is 15.5 Å². The molecular formula is C21H24N4O3S. The van der Waals surface area contributed by atoms with Crippen LogP contribution < -0.4 is 11.1 Å². The molecule has 1 fully saturated rings. The van der Waals surface area contributed by atoms with Gasteiger partial charge in [-0.1, -0.05) is 42.9 Å². The van der Waals surface area contributed by atoms with Crippen molar-refractivity contribution in [2.24, 2.45) is 5.73 Å².